The second kappa shape index (κ2) is 25.1. The van der Waals surface area contributed by atoms with E-state index in [-0.39, 0.29) is 70.5 Å². The molecule has 382 valence electrons. The van der Waals surface area contributed by atoms with Crippen molar-refractivity contribution in [3.8, 4) is 0 Å². The summed E-state index contributed by atoms with van der Waals surface area (Å²) >= 11 is 11.4. The number of amides is 5. The molecule has 0 spiro atoms. The summed E-state index contributed by atoms with van der Waals surface area (Å²) in [5, 5.41) is 7.63. The van der Waals surface area contributed by atoms with Crippen molar-refractivity contribution in [3.05, 3.63) is 146 Å². The standard InChI is InChI=1S/C23H22ClF2N3O4.C16H13ClF2N2O.C10H13N3O3.ClH/c24-16-11-13(3-6-17(16)25)27-22(31)15-4-7-18(26)21-14(15)5-8-19(21)28-23(32)33-12-20(30)29-9-1-2-10-29;17-11-7-8(1-4-12(11)18)21-16(22)10-2-5-13(19)15-9(10)3-6-14(15)20;14-9(12-4-1-2-5-12)7-16-10(15)13-6-3-11-8-13;/h3-4,6-7,11,19H,1-2,5,8-10,12H2,(H,27,31)(H,28,32);1-2,4-5,7,14H,3,6,20H2,(H,21,22);3,6,8H,1-2,4-5,7H2;1H/t19-;14-;;/m00../s1. The van der Waals surface area contributed by atoms with Gasteiger partial charge in [-0.3, -0.25) is 19.2 Å². The first-order chi connectivity index (χ1) is 34.1. The fourth-order valence-corrected chi connectivity index (χ4v) is 8.93. The van der Waals surface area contributed by atoms with Gasteiger partial charge in [-0.15, -0.1) is 12.4 Å². The van der Waals surface area contributed by atoms with Gasteiger partial charge < -0.3 is 41.0 Å². The first-order valence-electron chi connectivity index (χ1n) is 22.6. The van der Waals surface area contributed by atoms with Crippen LogP contribution in [0.1, 0.15) is 93.6 Å². The topological polar surface area (TPSA) is 207 Å². The van der Waals surface area contributed by atoms with Crippen molar-refractivity contribution in [2.45, 2.75) is 63.5 Å². The van der Waals surface area contributed by atoms with Crippen molar-refractivity contribution in [2.24, 2.45) is 5.73 Å². The van der Waals surface area contributed by atoms with Gasteiger partial charge in [0.15, 0.2) is 13.2 Å². The number of ether oxygens (including phenoxy) is 2. The number of nitrogens with zero attached hydrogens (tertiary/aromatic N) is 4. The van der Waals surface area contributed by atoms with Crippen LogP contribution in [-0.4, -0.2) is 94.6 Å². The number of rotatable bonds is 9. The number of carbonyl (C=O) groups is 6. The van der Waals surface area contributed by atoms with Crippen molar-refractivity contribution in [1.82, 2.24) is 24.7 Å². The summed E-state index contributed by atoms with van der Waals surface area (Å²) in [5.74, 6) is -3.41. The third-order valence-electron chi connectivity index (χ3n) is 12.1. The number of imidazole rings is 1. The summed E-state index contributed by atoms with van der Waals surface area (Å²) in [6, 6.07) is 11.8. The zero-order chi connectivity index (χ0) is 50.8. The van der Waals surface area contributed by atoms with Crippen LogP contribution in [0.5, 0.6) is 0 Å². The summed E-state index contributed by atoms with van der Waals surface area (Å²) < 4.78 is 66.0. The number of fused-ring (bicyclic) bond motifs is 2. The molecule has 0 unspecified atom stereocenters. The summed E-state index contributed by atoms with van der Waals surface area (Å²) in [4.78, 5) is 79.4. The van der Waals surface area contributed by atoms with Crippen LogP contribution in [0, 0.1) is 23.3 Å². The normalized spacial score (nSPS) is 16.2. The minimum absolute atomic E-state index is 0. The monoisotopic (exact) mass is 1060 g/mol. The Kier molecular flexibility index (Phi) is 19.0. The summed E-state index contributed by atoms with van der Waals surface area (Å²) in [6.45, 7) is 2.26. The van der Waals surface area contributed by atoms with Gasteiger partial charge in [-0.05, 0) is 123 Å². The number of anilines is 2. The maximum atomic E-state index is 14.6. The molecule has 1 aromatic heterocycles. The summed E-state index contributed by atoms with van der Waals surface area (Å²) in [7, 11) is 0. The highest BCUT2D eigenvalue weighted by Gasteiger charge is 2.32. The molecule has 16 nitrogen and oxygen atoms in total. The Balaban J connectivity index is 0.000000188. The highest BCUT2D eigenvalue weighted by Crippen LogP contribution is 2.37. The Bertz CT molecular complexity index is 2810. The molecule has 0 radical (unpaired) electrons. The molecule has 72 heavy (non-hydrogen) atoms. The van der Waals surface area contributed by atoms with Gasteiger partial charge in [0, 0.05) is 78.2 Å². The fourth-order valence-electron chi connectivity index (χ4n) is 8.57. The number of nitrogens with two attached hydrogens (primary N) is 1. The molecule has 4 aromatic carbocycles. The molecule has 2 saturated heterocycles. The maximum Gasteiger partial charge on any atom is 0.419 e. The van der Waals surface area contributed by atoms with Crippen LogP contribution in [0.4, 0.5) is 38.5 Å². The Labute approximate surface area is 426 Å². The van der Waals surface area contributed by atoms with Crippen molar-refractivity contribution in [3.63, 3.8) is 0 Å². The summed E-state index contributed by atoms with van der Waals surface area (Å²) in [5.41, 5.74) is 8.89. The predicted molar refractivity (Wildman–Crippen MR) is 260 cm³/mol. The minimum Gasteiger partial charge on any atom is -0.439 e. The lowest BCUT2D eigenvalue weighted by Crippen LogP contribution is -2.35. The highest BCUT2D eigenvalue weighted by atomic mass is 35.5. The van der Waals surface area contributed by atoms with Crippen molar-refractivity contribution in [1.29, 1.82) is 0 Å². The predicted octanol–water partition coefficient (Wildman–Crippen LogP) is 8.93. The molecule has 5 aromatic rings. The number of benzene rings is 4. The van der Waals surface area contributed by atoms with Crippen molar-refractivity contribution < 1.29 is 55.8 Å². The molecule has 0 bridgehead atoms. The number of nitrogens with one attached hydrogen (secondary N) is 3. The SMILES string of the molecule is Cl.N[C@H]1CCc2c(C(=O)Nc3ccc(F)c(Cl)c3)ccc(F)c21.O=C(COC(=O)n1ccnc1)N1CCCC1.O=C(N[C@H]1CCc2c(C(=O)Nc3ccc(F)c(Cl)c3)ccc(F)c21)OCC(=O)N1CCCC1. The number of hydrogen-bond acceptors (Lipinski definition) is 10. The average molecular weight is 1060 g/mol. The van der Waals surface area contributed by atoms with E-state index in [0.29, 0.717) is 72.4 Å². The van der Waals surface area contributed by atoms with E-state index in [1.54, 1.807) is 9.80 Å². The first-order valence-corrected chi connectivity index (χ1v) is 23.4. The zero-order valence-corrected chi connectivity index (χ0v) is 40.7. The van der Waals surface area contributed by atoms with Gasteiger partial charge in [0.2, 0.25) is 0 Å². The largest absolute Gasteiger partial charge is 0.439 e. The third-order valence-corrected chi connectivity index (χ3v) is 12.7. The lowest BCUT2D eigenvalue weighted by atomic mass is 10.0. The smallest absolute Gasteiger partial charge is 0.419 e. The van der Waals surface area contributed by atoms with Gasteiger partial charge in [-0.1, -0.05) is 23.2 Å². The van der Waals surface area contributed by atoms with E-state index in [1.165, 1.54) is 71.8 Å². The molecular formula is C49H49Cl3F4N8O8. The zero-order valence-electron chi connectivity index (χ0n) is 38.4. The van der Waals surface area contributed by atoms with E-state index in [4.69, 9.17) is 38.4 Å². The fraction of sp³-hybridized carbons (Fsp3) is 0.327. The molecule has 2 aliphatic heterocycles. The Morgan fingerprint density at radius 1 is 0.653 bits per heavy atom. The van der Waals surface area contributed by atoms with Crippen LogP contribution in [0.2, 0.25) is 10.0 Å². The third kappa shape index (κ3) is 13.6. The maximum absolute atomic E-state index is 14.6. The second-order valence-electron chi connectivity index (χ2n) is 16.8. The molecule has 5 amide bonds. The van der Waals surface area contributed by atoms with E-state index in [9.17, 15) is 46.3 Å². The molecule has 3 heterocycles. The quantitative estimate of drug-likeness (QED) is 0.103. The molecule has 9 rings (SSSR count). The number of alkyl carbamates (subject to hydrolysis) is 1. The van der Waals surface area contributed by atoms with Crippen LogP contribution in [-0.2, 0) is 31.9 Å². The molecule has 5 N–H and O–H groups in total. The van der Waals surface area contributed by atoms with Crippen LogP contribution in [0.3, 0.4) is 0 Å². The van der Waals surface area contributed by atoms with E-state index < -0.39 is 47.5 Å². The van der Waals surface area contributed by atoms with E-state index in [2.05, 4.69) is 20.9 Å². The van der Waals surface area contributed by atoms with Crippen LogP contribution >= 0.6 is 35.6 Å². The van der Waals surface area contributed by atoms with E-state index in [0.717, 1.165) is 50.9 Å². The molecular weight excluding hydrogens is 1010 g/mol. The Hall–Kier alpha value is -6.74. The van der Waals surface area contributed by atoms with Gasteiger partial charge >= 0.3 is 12.2 Å². The van der Waals surface area contributed by atoms with Crippen LogP contribution < -0.4 is 21.7 Å². The van der Waals surface area contributed by atoms with Gasteiger partial charge in [0.25, 0.3) is 23.6 Å². The Morgan fingerprint density at radius 2 is 1.12 bits per heavy atom. The molecule has 0 saturated carbocycles. The number of carbonyl (C=O) groups excluding carboxylic acids is 6. The summed E-state index contributed by atoms with van der Waals surface area (Å²) in [6.07, 6.45) is 8.70. The van der Waals surface area contributed by atoms with Gasteiger partial charge in [0.1, 0.15) is 29.6 Å². The molecule has 4 aliphatic rings. The van der Waals surface area contributed by atoms with Gasteiger partial charge in [-0.2, -0.15) is 0 Å². The van der Waals surface area contributed by atoms with Crippen LogP contribution in [0.15, 0.2) is 79.4 Å². The molecule has 23 heteroatoms. The number of aromatic nitrogens is 2. The number of likely N-dealkylation sites (tertiary alicyclic amines) is 2. The van der Waals surface area contributed by atoms with Crippen molar-refractivity contribution >= 4 is 82.8 Å². The first kappa shape index (κ1) is 54.6. The van der Waals surface area contributed by atoms with Gasteiger partial charge in [0.05, 0.1) is 16.1 Å². The van der Waals surface area contributed by atoms with E-state index in [1.807, 2.05) is 0 Å². The van der Waals surface area contributed by atoms with Crippen molar-refractivity contribution in [2.75, 3.05) is 50.0 Å². The number of hydrogen-bond donors (Lipinski definition) is 4. The lowest BCUT2D eigenvalue weighted by Gasteiger charge is -2.18. The van der Waals surface area contributed by atoms with E-state index >= 15 is 0 Å². The lowest BCUT2D eigenvalue weighted by molar-refractivity contribution is -0.133. The average Bonchev–Trinajstić information content (AvgIpc) is 4.22. The van der Waals surface area contributed by atoms with Gasteiger partial charge in [-0.25, -0.2) is 36.7 Å². The molecule has 2 fully saturated rings. The minimum atomic E-state index is -0.824. The second-order valence-corrected chi connectivity index (χ2v) is 17.6. The molecule has 2 atom stereocenters. The Morgan fingerprint density at radius 3 is 1.62 bits per heavy atom. The number of halogens is 7. The molecule has 2 aliphatic carbocycles. The highest BCUT2D eigenvalue weighted by molar-refractivity contribution is 6.31. The van der Waals surface area contributed by atoms with Crippen LogP contribution in [0.25, 0.3) is 0 Å².